The van der Waals surface area contributed by atoms with Gasteiger partial charge in [-0.1, -0.05) is 41.4 Å². The molecule has 1 aliphatic heterocycles. The average molecular weight is 415 g/mol. The lowest BCUT2D eigenvalue weighted by Crippen LogP contribution is -2.36. The number of fused-ring (bicyclic) bond motifs is 1. The second-order valence-corrected chi connectivity index (χ2v) is 8.46. The van der Waals surface area contributed by atoms with E-state index in [1.165, 1.54) is 29.5 Å². The summed E-state index contributed by atoms with van der Waals surface area (Å²) in [6, 6.07) is 15.3. The van der Waals surface area contributed by atoms with Crippen LogP contribution >= 0.6 is 23.2 Å². The minimum Gasteiger partial charge on any atom is -0.494 e. The maximum Gasteiger partial charge on any atom is 0.198 e. The quantitative estimate of drug-likeness (QED) is 0.610. The highest BCUT2D eigenvalue weighted by Crippen LogP contribution is 2.44. The molecule has 144 valence electrons. The van der Waals surface area contributed by atoms with Gasteiger partial charge in [0.25, 0.3) is 0 Å². The number of para-hydroxylation sites is 1. The number of aromatic nitrogens is 1. The van der Waals surface area contributed by atoms with Crippen LogP contribution in [0.1, 0.15) is 35.4 Å². The SMILES string of the molecule is Oc1ccc(O)n1-c1ccccc1[C@H]1CN(C2CC2)Cc2c(Cl)cc(Cl)cc21. The Labute approximate surface area is 173 Å². The maximum atomic E-state index is 10.3. The third-order valence-corrected chi connectivity index (χ3v) is 6.36. The molecule has 1 atom stereocenters. The van der Waals surface area contributed by atoms with Gasteiger partial charge in [-0.25, -0.2) is 0 Å². The molecule has 2 N–H and O–H groups in total. The van der Waals surface area contributed by atoms with E-state index in [4.69, 9.17) is 23.2 Å². The highest BCUT2D eigenvalue weighted by molar-refractivity contribution is 6.35. The van der Waals surface area contributed by atoms with Crippen LogP contribution in [0.25, 0.3) is 5.69 Å². The summed E-state index contributed by atoms with van der Waals surface area (Å²) in [6.07, 6.45) is 2.43. The summed E-state index contributed by atoms with van der Waals surface area (Å²) >= 11 is 12.9. The summed E-state index contributed by atoms with van der Waals surface area (Å²) in [5.74, 6) is 0.0475. The molecular formula is C22H20Cl2N2O2. The van der Waals surface area contributed by atoms with Crippen LogP contribution < -0.4 is 0 Å². The van der Waals surface area contributed by atoms with Gasteiger partial charge in [-0.2, -0.15) is 0 Å². The van der Waals surface area contributed by atoms with Crippen LogP contribution in [-0.2, 0) is 6.54 Å². The topological polar surface area (TPSA) is 48.6 Å². The lowest BCUT2D eigenvalue weighted by molar-refractivity contribution is 0.230. The predicted molar refractivity (Wildman–Crippen MR) is 111 cm³/mol. The van der Waals surface area contributed by atoms with Gasteiger partial charge in [0.1, 0.15) is 0 Å². The fraction of sp³-hybridized carbons (Fsp3) is 0.273. The van der Waals surface area contributed by atoms with Crippen LogP contribution in [0.5, 0.6) is 11.8 Å². The van der Waals surface area contributed by atoms with Crippen molar-refractivity contribution in [3.8, 4) is 17.4 Å². The van der Waals surface area contributed by atoms with Crippen molar-refractivity contribution in [3.05, 3.63) is 75.3 Å². The van der Waals surface area contributed by atoms with Gasteiger partial charge in [-0.05, 0) is 47.7 Å². The van der Waals surface area contributed by atoms with Gasteiger partial charge in [0.05, 0.1) is 5.69 Å². The molecule has 0 radical (unpaired) electrons. The van der Waals surface area contributed by atoms with E-state index in [0.717, 1.165) is 35.5 Å². The molecule has 0 unspecified atom stereocenters. The first-order valence-electron chi connectivity index (χ1n) is 9.44. The number of nitrogens with zero attached hydrogens (tertiary/aromatic N) is 2. The lowest BCUT2D eigenvalue weighted by Gasteiger charge is -2.36. The largest absolute Gasteiger partial charge is 0.494 e. The molecule has 5 rings (SSSR count). The summed E-state index contributed by atoms with van der Waals surface area (Å²) in [6.45, 7) is 1.68. The molecule has 2 aliphatic rings. The summed E-state index contributed by atoms with van der Waals surface area (Å²) in [4.78, 5) is 2.49. The number of benzene rings is 2. The first-order chi connectivity index (χ1) is 13.5. The van der Waals surface area contributed by atoms with Gasteiger partial charge < -0.3 is 10.2 Å². The van der Waals surface area contributed by atoms with E-state index in [1.54, 1.807) is 0 Å². The number of hydrogen-bond acceptors (Lipinski definition) is 3. The summed E-state index contributed by atoms with van der Waals surface area (Å²) in [5, 5.41) is 21.9. The Morgan fingerprint density at radius 2 is 1.61 bits per heavy atom. The molecule has 28 heavy (non-hydrogen) atoms. The van der Waals surface area contributed by atoms with E-state index in [2.05, 4.69) is 4.90 Å². The molecule has 1 fully saturated rings. The lowest BCUT2D eigenvalue weighted by atomic mass is 9.83. The van der Waals surface area contributed by atoms with Crippen LogP contribution in [0.2, 0.25) is 10.0 Å². The van der Waals surface area contributed by atoms with Gasteiger partial charge in [-0.15, -0.1) is 0 Å². The number of aromatic hydroxyl groups is 2. The Bertz CT molecular complexity index is 1040. The van der Waals surface area contributed by atoms with E-state index in [0.29, 0.717) is 16.1 Å². The monoisotopic (exact) mass is 414 g/mol. The van der Waals surface area contributed by atoms with Crippen LogP contribution in [0.4, 0.5) is 0 Å². The first kappa shape index (κ1) is 17.9. The first-order valence-corrected chi connectivity index (χ1v) is 10.2. The van der Waals surface area contributed by atoms with Crippen molar-refractivity contribution in [3.63, 3.8) is 0 Å². The van der Waals surface area contributed by atoms with Crippen LogP contribution in [0.15, 0.2) is 48.5 Å². The maximum absolute atomic E-state index is 10.3. The number of halogens is 2. The molecular weight excluding hydrogens is 395 g/mol. The Hall–Kier alpha value is -2.14. The number of hydrogen-bond donors (Lipinski definition) is 2. The minimum atomic E-state index is 0.00385. The summed E-state index contributed by atoms with van der Waals surface area (Å²) in [7, 11) is 0. The van der Waals surface area contributed by atoms with E-state index in [1.807, 2.05) is 36.4 Å². The van der Waals surface area contributed by atoms with E-state index in [9.17, 15) is 10.2 Å². The summed E-state index contributed by atoms with van der Waals surface area (Å²) < 4.78 is 1.47. The van der Waals surface area contributed by atoms with Gasteiger partial charge in [0.15, 0.2) is 11.8 Å². The second-order valence-electron chi connectivity index (χ2n) is 7.61. The second kappa shape index (κ2) is 6.73. The van der Waals surface area contributed by atoms with Crippen LogP contribution in [0, 0.1) is 0 Å². The van der Waals surface area contributed by atoms with Crippen molar-refractivity contribution in [2.75, 3.05) is 6.54 Å². The normalized spacial score (nSPS) is 19.6. The molecule has 1 aliphatic carbocycles. The zero-order valence-electron chi connectivity index (χ0n) is 15.1. The highest BCUT2D eigenvalue weighted by atomic mass is 35.5. The standard InChI is InChI=1S/C22H20Cl2N2O2/c23-13-9-16-17(11-25(14-5-6-14)12-18(16)19(24)10-13)15-3-1-2-4-20(15)26-21(27)7-8-22(26)28/h1-4,7-10,14,17,27-28H,5-6,11-12H2/t17-/m1/s1. The smallest absolute Gasteiger partial charge is 0.198 e. The molecule has 0 spiro atoms. The fourth-order valence-corrected chi connectivity index (χ4v) is 4.90. The van der Waals surface area contributed by atoms with E-state index >= 15 is 0 Å². The van der Waals surface area contributed by atoms with Gasteiger partial charge in [0, 0.05) is 47.2 Å². The molecule has 2 heterocycles. The number of rotatable bonds is 3. The highest BCUT2D eigenvalue weighted by Gasteiger charge is 2.37. The minimum absolute atomic E-state index is 0.00385. The van der Waals surface area contributed by atoms with Crippen molar-refractivity contribution in [2.24, 2.45) is 0 Å². The Balaban J connectivity index is 1.70. The van der Waals surface area contributed by atoms with Gasteiger partial charge in [-0.3, -0.25) is 9.47 Å². The molecule has 3 aromatic rings. The molecule has 6 heteroatoms. The third kappa shape index (κ3) is 2.96. The fourth-order valence-electron chi connectivity index (χ4n) is 4.33. The Kier molecular flexibility index (Phi) is 4.31. The van der Waals surface area contributed by atoms with Crippen molar-refractivity contribution < 1.29 is 10.2 Å². The molecule has 1 saturated carbocycles. The molecule has 0 amide bonds. The molecule has 1 aromatic heterocycles. The van der Waals surface area contributed by atoms with E-state index < -0.39 is 0 Å². The average Bonchev–Trinajstić information content (AvgIpc) is 3.47. The van der Waals surface area contributed by atoms with E-state index in [-0.39, 0.29) is 17.7 Å². The predicted octanol–water partition coefficient (Wildman–Crippen LogP) is 5.31. The van der Waals surface area contributed by atoms with Crippen molar-refractivity contribution in [2.45, 2.75) is 31.3 Å². The molecule has 4 nitrogen and oxygen atoms in total. The Morgan fingerprint density at radius 3 is 2.32 bits per heavy atom. The molecule has 2 aromatic carbocycles. The molecule has 0 saturated heterocycles. The van der Waals surface area contributed by atoms with Crippen molar-refractivity contribution in [1.82, 2.24) is 9.47 Å². The van der Waals surface area contributed by atoms with Gasteiger partial charge >= 0.3 is 0 Å². The van der Waals surface area contributed by atoms with Gasteiger partial charge in [0.2, 0.25) is 0 Å². The third-order valence-electron chi connectivity index (χ3n) is 5.80. The zero-order valence-corrected chi connectivity index (χ0v) is 16.7. The summed E-state index contributed by atoms with van der Waals surface area (Å²) in [5.41, 5.74) is 4.01. The molecule has 0 bridgehead atoms. The van der Waals surface area contributed by atoms with Crippen LogP contribution in [-0.4, -0.2) is 32.3 Å². The van der Waals surface area contributed by atoms with Crippen molar-refractivity contribution in [1.29, 1.82) is 0 Å². The zero-order chi connectivity index (χ0) is 19.4. The Morgan fingerprint density at radius 1 is 0.893 bits per heavy atom. The van der Waals surface area contributed by atoms with Crippen LogP contribution in [0.3, 0.4) is 0 Å². The van der Waals surface area contributed by atoms with Crippen molar-refractivity contribution >= 4 is 23.2 Å².